The van der Waals surface area contributed by atoms with Gasteiger partial charge < -0.3 is 15.0 Å². The van der Waals surface area contributed by atoms with Crippen LogP contribution >= 0.6 is 0 Å². The van der Waals surface area contributed by atoms with E-state index in [0.717, 1.165) is 25.2 Å². The third-order valence-corrected chi connectivity index (χ3v) is 3.78. The van der Waals surface area contributed by atoms with Crippen LogP contribution in [-0.2, 0) is 0 Å². The Morgan fingerprint density at radius 1 is 1.44 bits per heavy atom. The first-order chi connectivity index (χ1) is 8.65. The molecule has 0 amide bonds. The van der Waals surface area contributed by atoms with Crippen molar-refractivity contribution < 1.29 is 9.13 Å². The number of halogens is 1. The van der Waals surface area contributed by atoms with E-state index in [1.54, 1.807) is 12.1 Å². The third kappa shape index (κ3) is 2.58. The molecule has 1 saturated heterocycles. The van der Waals surface area contributed by atoms with Crippen LogP contribution in [0.2, 0.25) is 0 Å². The third-order valence-electron chi connectivity index (χ3n) is 3.78. The van der Waals surface area contributed by atoms with Crippen LogP contribution in [0, 0.1) is 11.7 Å². The van der Waals surface area contributed by atoms with Crippen LogP contribution in [0.3, 0.4) is 0 Å². The molecule has 0 radical (unpaired) electrons. The van der Waals surface area contributed by atoms with Gasteiger partial charge in [-0.2, -0.15) is 0 Å². The number of methoxy groups -OCH3 is 1. The molecule has 0 saturated carbocycles. The molecule has 0 aliphatic carbocycles. The molecule has 2 atom stereocenters. The van der Waals surface area contributed by atoms with Crippen LogP contribution in [0.15, 0.2) is 18.2 Å². The molecule has 1 fully saturated rings. The SMILES string of the molecule is CNC1CCN(c2ccc(OC)c(F)c2)CC1C. The summed E-state index contributed by atoms with van der Waals surface area (Å²) < 4.78 is 18.6. The number of benzene rings is 1. The lowest BCUT2D eigenvalue weighted by atomic mass is 9.93. The fourth-order valence-electron chi connectivity index (χ4n) is 2.66. The number of piperidine rings is 1. The van der Waals surface area contributed by atoms with Crippen LogP contribution < -0.4 is 15.0 Å². The zero-order valence-corrected chi connectivity index (χ0v) is 11.2. The Morgan fingerprint density at radius 3 is 2.78 bits per heavy atom. The van der Waals surface area contributed by atoms with E-state index < -0.39 is 0 Å². The number of ether oxygens (including phenoxy) is 1. The summed E-state index contributed by atoms with van der Waals surface area (Å²) in [6.45, 7) is 4.14. The van der Waals surface area contributed by atoms with Crippen LogP contribution in [0.1, 0.15) is 13.3 Å². The molecule has 0 aromatic heterocycles. The summed E-state index contributed by atoms with van der Waals surface area (Å²) in [7, 11) is 3.49. The molecule has 1 aromatic rings. The number of hydrogen-bond donors (Lipinski definition) is 1. The summed E-state index contributed by atoms with van der Waals surface area (Å²) in [4.78, 5) is 2.24. The molecule has 0 bridgehead atoms. The van der Waals surface area contributed by atoms with Gasteiger partial charge in [-0.3, -0.25) is 0 Å². The number of hydrogen-bond acceptors (Lipinski definition) is 3. The van der Waals surface area contributed by atoms with E-state index in [-0.39, 0.29) is 5.82 Å². The minimum absolute atomic E-state index is 0.293. The Balaban J connectivity index is 2.11. The lowest BCUT2D eigenvalue weighted by molar-refractivity contribution is 0.338. The summed E-state index contributed by atoms with van der Waals surface area (Å²) >= 11 is 0. The van der Waals surface area contributed by atoms with Gasteiger partial charge >= 0.3 is 0 Å². The maximum absolute atomic E-state index is 13.7. The van der Waals surface area contributed by atoms with Gasteiger partial charge in [0.1, 0.15) is 0 Å². The van der Waals surface area contributed by atoms with E-state index in [4.69, 9.17) is 4.74 Å². The summed E-state index contributed by atoms with van der Waals surface area (Å²) in [5, 5.41) is 3.33. The van der Waals surface area contributed by atoms with Crippen LogP contribution in [0.5, 0.6) is 5.75 Å². The maximum Gasteiger partial charge on any atom is 0.167 e. The number of anilines is 1. The lowest BCUT2D eigenvalue weighted by Gasteiger charge is -2.38. The van der Waals surface area contributed by atoms with Gasteiger partial charge in [0, 0.05) is 30.9 Å². The Kier molecular flexibility index (Phi) is 4.07. The predicted molar refractivity (Wildman–Crippen MR) is 71.8 cm³/mol. The van der Waals surface area contributed by atoms with Gasteiger partial charge in [0.15, 0.2) is 11.6 Å². The first-order valence-electron chi connectivity index (χ1n) is 6.41. The molecule has 1 aliphatic rings. The molecule has 0 spiro atoms. The van der Waals surface area contributed by atoms with Crippen molar-refractivity contribution in [1.29, 1.82) is 0 Å². The topological polar surface area (TPSA) is 24.5 Å². The van der Waals surface area contributed by atoms with Crippen LogP contribution in [0.4, 0.5) is 10.1 Å². The van der Waals surface area contributed by atoms with Crippen molar-refractivity contribution >= 4 is 5.69 Å². The van der Waals surface area contributed by atoms with Gasteiger partial charge in [0.2, 0.25) is 0 Å². The average molecular weight is 252 g/mol. The lowest BCUT2D eigenvalue weighted by Crippen LogP contribution is -2.47. The normalized spacial score (nSPS) is 24.1. The molecule has 2 unspecified atom stereocenters. The van der Waals surface area contributed by atoms with Crippen molar-refractivity contribution in [1.82, 2.24) is 5.32 Å². The average Bonchev–Trinajstić information content (AvgIpc) is 2.38. The second-order valence-corrected chi connectivity index (χ2v) is 4.93. The van der Waals surface area contributed by atoms with E-state index in [1.165, 1.54) is 7.11 Å². The van der Waals surface area contributed by atoms with E-state index in [2.05, 4.69) is 17.1 Å². The quantitative estimate of drug-likeness (QED) is 0.893. The van der Waals surface area contributed by atoms with E-state index in [9.17, 15) is 4.39 Å². The highest BCUT2D eigenvalue weighted by Crippen LogP contribution is 2.27. The number of nitrogens with zero attached hydrogens (tertiary/aromatic N) is 1. The molecule has 1 aliphatic heterocycles. The molecule has 100 valence electrons. The van der Waals surface area contributed by atoms with E-state index in [1.807, 2.05) is 13.1 Å². The molecule has 3 nitrogen and oxygen atoms in total. The molecule has 4 heteroatoms. The van der Waals surface area contributed by atoms with Crippen LogP contribution in [-0.4, -0.2) is 33.3 Å². The zero-order chi connectivity index (χ0) is 13.1. The highest BCUT2D eigenvalue weighted by molar-refractivity contribution is 5.50. The highest BCUT2D eigenvalue weighted by Gasteiger charge is 2.25. The van der Waals surface area contributed by atoms with Crippen molar-refractivity contribution in [3.8, 4) is 5.75 Å². The minimum atomic E-state index is -0.293. The Labute approximate surface area is 108 Å². The smallest absolute Gasteiger partial charge is 0.167 e. The second kappa shape index (κ2) is 5.57. The number of nitrogens with one attached hydrogen (secondary N) is 1. The Morgan fingerprint density at radius 2 is 2.22 bits per heavy atom. The largest absolute Gasteiger partial charge is 0.494 e. The fourth-order valence-corrected chi connectivity index (χ4v) is 2.66. The van der Waals surface area contributed by atoms with Gasteiger partial charge in [-0.25, -0.2) is 4.39 Å². The fraction of sp³-hybridized carbons (Fsp3) is 0.571. The first-order valence-corrected chi connectivity index (χ1v) is 6.41. The van der Waals surface area contributed by atoms with Crippen molar-refractivity contribution in [3.05, 3.63) is 24.0 Å². The predicted octanol–water partition coefficient (Wildman–Crippen LogP) is 2.27. The summed E-state index contributed by atoms with van der Waals surface area (Å²) in [5.74, 6) is 0.573. The Bertz CT molecular complexity index is 411. The second-order valence-electron chi connectivity index (χ2n) is 4.93. The van der Waals surface area contributed by atoms with Gasteiger partial charge in [-0.15, -0.1) is 0 Å². The standard InChI is InChI=1S/C14H21FN2O/c1-10-9-17(7-6-13(10)16-2)11-4-5-14(18-3)12(15)8-11/h4-5,8,10,13,16H,6-7,9H2,1-3H3. The molecule has 1 heterocycles. The minimum Gasteiger partial charge on any atom is -0.494 e. The zero-order valence-electron chi connectivity index (χ0n) is 11.2. The molecule has 1 aromatic carbocycles. The van der Waals surface area contributed by atoms with Crippen molar-refractivity contribution in [2.24, 2.45) is 5.92 Å². The summed E-state index contributed by atoms with van der Waals surface area (Å²) in [6, 6.07) is 5.74. The van der Waals surface area contributed by atoms with Crippen molar-refractivity contribution in [2.75, 3.05) is 32.1 Å². The molecular formula is C14H21FN2O. The Hall–Kier alpha value is -1.29. The van der Waals surface area contributed by atoms with Gasteiger partial charge in [0.05, 0.1) is 7.11 Å². The van der Waals surface area contributed by atoms with Gasteiger partial charge in [0.25, 0.3) is 0 Å². The number of rotatable bonds is 3. The van der Waals surface area contributed by atoms with E-state index >= 15 is 0 Å². The summed E-state index contributed by atoms with van der Waals surface area (Å²) in [6.07, 6.45) is 1.09. The van der Waals surface area contributed by atoms with Crippen molar-refractivity contribution in [2.45, 2.75) is 19.4 Å². The maximum atomic E-state index is 13.7. The first kappa shape index (κ1) is 13.1. The van der Waals surface area contributed by atoms with E-state index in [0.29, 0.717) is 17.7 Å². The van der Waals surface area contributed by atoms with Crippen LogP contribution in [0.25, 0.3) is 0 Å². The molecule has 2 rings (SSSR count). The monoisotopic (exact) mass is 252 g/mol. The molecular weight excluding hydrogens is 231 g/mol. The van der Waals surface area contributed by atoms with Gasteiger partial charge in [-0.1, -0.05) is 6.92 Å². The molecule has 18 heavy (non-hydrogen) atoms. The van der Waals surface area contributed by atoms with Gasteiger partial charge in [-0.05, 0) is 31.5 Å². The van der Waals surface area contributed by atoms with Crippen molar-refractivity contribution in [3.63, 3.8) is 0 Å². The highest BCUT2D eigenvalue weighted by atomic mass is 19.1. The molecule has 1 N–H and O–H groups in total. The summed E-state index contributed by atoms with van der Waals surface area (Å²) in [5.41, 5.74) is 0.940.